The van der Waals surface area contributed by atoms with Crippen molar-refractivity contribution in [1.29, 1.82) is 0 Å². The fourth-order valence-corrected chi connectivity index (χ4v) is 2.26. The van der Waals surface area contributed by atoms with Gasteiger partial charge in [-0.05, 0) is 19.9 Å². The Morgan fingerprint density at radius 3 is 2.33 bits per heavy atom. The first-order valence-corrected chi connectivity index (χ1v) is 6.45. The number of rotatable bonds is 2. The van der Waals surface area contributed by atoms with Crippen molar-refractivity contribution in [2.45, 2.75) is 24.3 Å². The maximum atomic E-state index is 12.3. The van der Waals surface area contributed by atoms with E-state index < -0.39 is 5.60 Å². The molecule has 0 bridgehead atoms. The fraction of sp³-hybridized carbons (Fsp3) is 0.462. The molecule has 5 heteroatoms. The van der Waals surface area contributed by atoms with Gasteiger partial charge in [-0.3, -0.25) is 4.79 Å². The number of fused-ring (bicyclic) bond motifs is 1. The SMILES string of the molecule is COc1cc2c(cc1OC)C(=O)C(Br)C(C)(C)O2. The van der Waals surface area contributed by atoms with Gasteiger partial charge in [0.2, 0.25) is 0 Å². The van der Waals surface area contributed by atoms with Crippen LogP contribution in [0.25, 0.3) is 0 Å². The Labute approximate surface area is 114 Å². The molecule has 1 aromatic carbocycles. The molecule has 0 aliphatic carbocycles. The van der Waals surface area contributed by atoms with Gasteiger partial charge in [0.15, 0.2) is 17.3 Å². The van der Waals surface area contributed by atoms with E-state index in [-0.39, 0.29) is 10.6 Å². The highest BCUT2D eigenvalue weighted by molar-refractivity contribution is 9.10. The van der Waals surface area contributed by atoms with E-state index in [1.807, 2.05) is 13.8 Å². The first-order chi connectivity index (χ1) is 8.40. The third kappa shape index (κ3) is 1.96. The van der Waals surface area contributed by atoms with E-state index in [9.17, 15) is 4.79 Å². The van der Waals surface area contributed by atoms with Crippen molar-refractivity contribution in [3.63, 3.8) is 0 Å². The number of ether oxygens (including phenoxy) is 3. The molecule has 0 amide bonds. The first-order valence-electron chi connectivity index (χ1n) is 5.54. The number of hydrogen-bond donors (Lipinski definition) is 0. The van der Waals surface area contributed by atoms with Crippen molar-refractivity contribution in [3.8, 4) is 17.2 Å². The average Bonchev–Trinajstić information content (AvgIpc) is 2.34. The van der Waals surface area contributed by atoms with Crippen molar-refractivity contribution in [1.82, 2.24) is 0 Å². The van der Waals surface area contributed by atoms with Crippen molar-refractivity contribution in [3.05, 3.63) is 17.7 Å². The van der Waals surface area contributed by atoms with Gasteiger partial charge in [-0.2, -0.15) is 0 Å². The summed E-state index contributed by atoms with van der Waals surface area (Å²) in [4.78, 5) is 11.9. The summed E-state index contributed by atoms with van der Waals surface area (Å²) < 4.78 is 16.2. The second-order valence-corrected chi connectivity index (χ2v) is 5.55. The molecule has 1 heterocycles. The largest absolute Gasteiger partial charge is 0.493 e. The van der Waals surface area contributed by atoms with Gasteiger partial charge in [-0.25, -0.2) is 0 Å². The van der Waals surface area contributed by atoms with Crippen LogP contribution >= 0.6 is 15.9 Å². The second kappa shape index (κ2) is 4.46. The van der Waals surface area contributed by atoms with E-state index in [2.05, 4.69) is 15.9 Å². The predicted molar refractivity (Wildman–Crippen MR) is 71.3 cm³/mol. The molecule has 98 valence electrons. The lowest BCUT2D eigenvalue weighted by Crippen LogP contribution is -2.46. The molecule has 0 aromatic heterocycles. The molecule has 2 rings (SSSR count). The number of Topliss-reactive ketones (excluding diaryl/α,β-unsaturated/α-hetero) is 1. The minimum atomic E-state index is -0.594. The lowest BCUT2D eigenvalue weighted by Gasteiger charge is -2.36. The molecule has 1 atom stereocenters. The normalized spacial score (nSPS) is 20.9. The van der Waals surface area contributed by atoms with Crippen molar-refractivity contribution < 1.29 is 19.0 Å². The van der Waals surface area contributed by atoms with E-state index in [0.717, 1.165) is 0 Å². The Bertz CT molecular complexity index is 496. The van der Waals surface area contributed by atoms with Gasteiger partial charge in [0.05, 0.1) is 19.8 Å². The minimum Gasteiger partial charge on any atom is -0.493 e. The molecular weight excluding hydrogens is 300 g/mol. The van der Waals surface area contributed by atoms with E-state index in [4.69, 9.17) is 14.2 Å². The van der Waals surface area contributed by atoms with Crippen LogP contribution in [0.5, 0.6) is 17.2 Å². The Morgan fingerprint density at radius 2 is 1.78 bits per heavy atom. The standard InChI is InChI=1S/C13H15BrO4/c1-13(2)12(14)11(15)7-5-9(16-3)10(17-4)6-8(7)18-13/h5-6,12H,1-4H3. The summed E-state index contributed by atoms with van der Waals surface area (Å²) in [7, 11) is 3.08. The highest BCUT2D eigenvalue weighted by Crippen LogP contribution is 2.42. The van der Waals surface area contributed by atoms with E-state index in [1.54, 1.807) is 19.2 Å². The number of alkyl halides is 1. The molecule has 0 radical (unpaired) electrons. The molecule has 4 nitrogen and oxygen atoms in total. The molecule has 1 aliphatic heterocycles. The van der Waals surface area contributed by atoms with Crippen LogP contribution in [0.4, 0.5) is 0 Å². The number of carbonyl (C=O) groups excluding carboxylic acids is 1. The van der Waals surface area contributed by atoms with Crippen molar-refractivity contribution >= 4 is 21.7 Å². The Morgan fingerprint density at radius 1 is 1.22 bits per heavy atom. The molecule has 18 heavy (non-hydrogen) atoms. The number of carbonyl (C=O) groups is 1. The van der Waals surface area contributed by atoms with E-state index in [1.165, 1.54) is 7.11 Å². The molecule has 0 saturated carbocycles. The number of ketones is 1. The maximum absolute atomic E-state index is 12.3. The second-order valence-electron chi connectivity index (χ2n) is 4.64. The molecule has 1 unspecified atom stereocenters. The van der Waals surface area contributed by atoms with Gasteiger partial charge >= 0.3 is 0 Å². The molecule has 0 spiro atoms. The van der Waals surface area contributed by atoms with E-state index in [0.29, 0.717) is 22.8 Å². The molecule has 0 N–H and O–H groups in total. The van der Waals surface area contributed by atoms with Crippen LogP contribution in [0.2, 0.25) is 0 Å². The first kappa shape index (κ1) is 13.2. The molecule has 1 aliphatic rings. The van der Waals surface area contributed by atoms with Crippen LogP contribution < -0.4 is 14.2 Å². The Balaban J connectivity index is 2.58. The van der Waals surface area contributed by atoms with Crippen LogP contribution in [-0.2, 0) is 0 Å². The zero-order valence-electron chi connectivity index (χ0n) is 10.7. The van der Waals surface area contributed by atoms with Gasteiger partial charge in [0.1, 0.15) is 16.2 Å². The minimum absolute atomic E-state index is 0.0118. The van der Waals surface area contributed by atoms with Crippen LogP contribution in [0.1, 0.15) is 24.2 Å². The lowest BCUT2D eigenvalue weighted by molar-refractivity contribution is 0.0665. The molecular formula is C13H15BrO4. The van der Waals surface area contributed by atoms with Gasteiger partial charge in [0.25, 0.3) is 0 Å². The van der Waals surface area contributed by atoms with Crippen LogP contribution in [0.3, 0.4) is 0 Å². The molecule has 0 fully saturated rings. The van der Waals surface area contributed by atoms with Crippen LogP contribution in [0, 0.1) is 0 Å². The van der Waals surface area contributed by atoms with Gasteiger partial charge < -0.3 is 14.2 Å². The highest BCUT2D eigenvalue weighted by atomic mass is 79.9. The summed E-state index contributed by atoms with van der Waals surface area (Å²) in [5, 5.41) is 0. The number of hydrogen-bond acceptors (Lipinski definition) is 4. The fourth-order valence-electron chi connectivity index (χ4n) is 1.92. The van der Waals surface area contributed by atoms with Crippen molar-refractivity contribution in [2.24, 2.45) is 0 Å². The predicted octanol–water partition coefficient (Wildman–Crippen LogP) is 2.82. The Kier molecular flexibility index (Phi) is 3.27. The third-order valence-corrected chi connectivity index (χ3v) is 4.48. The summed E-state index contributed by atoms with van der Waals surface area (Å²) >= 11 is 3.38. The number of benzene rings is 1. The maximum Gasteiger partial charge on any atom is 0.184 e. The quantitative estimate of drug-likeness (QED) is 0.787. The lowest BCUT2D eigenvalue weighted by atomic mass is 9.92. The zero-order valence-corrected chi connectivity index (χ0v) is 12.3. The van der Waals surface area contributed by atoms with E-state index >= 15 is 0 Å². The monoisotopic (exact) mass is 314 g/mol. The summed E-state index contributed by atoms with van der Waals surface area (Å²) in [6.07, 6.45) is 0. The molecule has 0 saturated heterocycles. The Hall–Kier alpha value is -1.23. The zero-order chi connectivity index (χ0) is 13.5. The topological polar surface area (TPSA) is 44.8 Å². The number of methoxy groups -OCH3 is 2. The van der Waals surface area contributed by atoms with Crippen molar-refractivity contribution in [2.75, 3.05) is 14.2 Å². The van der Waals surface area contributed by atoms with Crippen LogP contribution in [0.15, 0.2) is 12.1 Å². The number of halogens is 1. The molecule has 1 aromatic rings. The van der Waals surface area contributed by atoms with Crippen LogP contribution in [-0.4, -0.2) is 30.4 Å². The summed E-state index contributed by atoms with van der Waals surface area (Å²) in [6.45, 7) is 3.73. The average molecular weight is 315 g/mol. The summed E-state index contributed by atoms with van der Waals surface area (Å²) in [6, 6.07) is 3.34. The summed E-state index contributed by atoms with van der Waals surface area (Å²) in [5.41, 5.74) is -0.0854. The smallest absolute Gasteiger partial charge is 0.184 e. The van der Waals surface area contributed by atoms with Gasteiger partial charge in [0, 0.05) is 6.07 Å². The summed E-state index contributed by atoms with van der Waals surface area (Å²) in [5.74, 6) is 1.58. The van der Waals surface area contributed by atoms with Gasteiger partial charge in [-0.15, -0.1) is 0 Å². The highest BCUT2D eigenvalue weighted by Gasteiger charge is 2.42. The third-order valence-electron chi connectivity index (χ3n) is 2.96. The van der Waals surface area contributed by atoms with Gasteiger partial charge in [-0.1, -0.05) is 15.9 Å².